The Kier molecular flexibility index (Phi) is 5.32. The molecule has 0 spiro atoms. The second-order valence-corrected chi connectivity index (χ2v) is 7.84. The van der Waals surface area contributed by atoms with Crippen LogP contribution in [0.15, 0.2) is 48.7 Å². The van der Waals surface area contributed by atoms with E-state index in [9.17, 15) is 0 Å². The number of ether oxygens (including phenoxy) is 2. The highest BCUT2D eigenvalue weighted by atomic mass is 16.5. The molecule has 2 aliphatic heterocycles. The molecule has 0 bridgehead atoms. The van der Waals surface area contributed by atoms with Crippen molar-refractivity contribution in [1.82, 2.24) is 14.9 Å². The molecule has 1 aromatic heterocycles. The van der Waals surface area contributed by atoms with E-state index < -0.39 is 0 Å². The molecule has 0 saturated carbocycles. The largest absolute Gasteiger partial charge is 0.493 e. The SMILES string of the molecule is CCOc1ccccc1N1CCN(Cc2cnc(-c3ccc4c(c3)CCO4)[nH]2)CC1. The van der Waals surface area contributed by atoms with Gasteiger partial charge in [0.15, 0.2) is 0 Å². The van der Waals surface area contributed by atoms with Crippen molar-refractivity contribution in [2.45, 2.75) is 19.9 Å². The molecule has 3 heterocycles. The van der Waals surface area contributed by atoms with Gasteiger partial charge in [0.2, 0.25) is 0 Å². The van der Waals surface area contributed by atoms with Crippen LogP contribution in [0.4, 0.5) is 5.69 Å². The Morgan fingerprint density at radius 1 is 1.10 bits per heavy atom. The smallest absolute Gasteiger partial charge is 0.142 e. The fourth-order valence-electron chi connectivity index (χ4n) is 4.30. The lowest BCUT2D eigenvalue weighted by atomic mass is 10.1. The molecular formula is C24H28N4O2. The van der Waals surface area contributed by atoms with Crippen LogP contribution in [0.25, 0.3) is 11.4 Å². The van der Waals surface area contributed by atoms with Gasteiger partial charge in [0.05, 0.1) is 18.9 Å². The van der Waals surface area contributed by atoms with Crippen LogP contribution in [0.5, 0.6) is 11.5 Å². The van der Waals surface area contributed by atoms with E-state index in [0.717, 1.165) is 74.3 Å². The molecule has 0 unspecified atom stereocenters. The van der Waals surface area contributed by atoms with Crippen molar-refractivity contribution in [3.63, 3.8) is 0 Å². The summed E-state index contributed by atoms with van der Waals surface area (Å²) in [6.45, 7) is 8.42. The lowest BCUT2D eigenvalue weighted by molar-refractivity contribution is 0.246. The summed E-state index contributed by atoms with van der Waals surface area (Å²) in [5, 5.41) is 0. The van der Waals surface area contributed by atoms with E-state index >= 15 is 0 Å². The van der Waals surface area contributed by atoms with E-state index in [-0.39, 0.29) is 0 Å². The van der Waals surface area contributed by atoms with Gasteiger partial charge in [-0.15, -0.1) is 0 Å². The van der Waals surface area contributed by atoms with E-state index in [1.165, 1.54) is 11.3 Å². The third-order valence-electron chi connectivity index (χ3n) is 5.86. The summed E-state index contributed by atoms with van der Waals surface area (Å²) < 4.78 is 11.4. The molecule has 1 N–H and O–H groups in total. The van der Waals surface area contributed by atoms with Crippen molar-refractivity contribution in [1.29, 1.82) is 0 Å². The number of aromatic nitrogens is 2. The number of piperazine rings is 1. The Morgan fingerprint density at radius 2 is 1.97 bits per heavy atom. The molecule has 1 saturated heterocycles. The Morgan fingerprint density at radius 3 is 2.83 bits per heavy atom. The molecule has 1 fully saturated rings. The van der Waals surface area contributed by atoms with E-state index in [0.29, 0.717) is 6.61 Å². The average molecular weight is 405 g/mol. The first kappa shape index (κ1) is 19.0. The van der Waals surface area contributed by atoms with Crippen LogP contribution in [-0.4, -0.2) is 54.3 Å². The maximum absolute atomic E-state index is 5.81. The zero-order valence-electron chi connectivity index (χ0n) is 17.4. The summed E-state index contributed by atoms with van der Waals surface area (Å²) in [6, 6.07) is 14.7. The monoisotopic (exact) mass is 404 g/mol. The predicted octanol–water partition coefficient (Wildman–Crippen LogP) is 3.73. The summed E-state index contributed by atoms with van der Waals surface area (Å²) in [5.41, 5.74) is 4.75. The molecule has 0 amide bonds. The number of nitrogens with one attached hydrogen (secondary N) is 1. The van der Waals surface area contributed by atoms with Crippen LogP contribution in [0.1, 0.15) is 18.2 Å². The lowest BCUT2D eigenvalue weighted by Gasteiger charge is -2.36. The van der Waals surface area contributed by atoms with Gasteiger partial charge in [0.1, 0.15) is 17.3 Å². The second kappa shape index (κ2) is 8.40. The minimum absolute atomic E-state index is 0.691. The lowest BCUT2D eigenvalue weighted by Crippen LogP contribution is -2.46. The van der Waals surface area contributed by atoms with Gasteiger partial charge < -0.3 is 19.4 Å². The Labute approximate surface area is 177 Å². The third-order valence-corrected chi connectivity index (χ3v) is 5.86. The maximum Gasteiger partial charge on any atom is 0.142 e. The summed E-state index contributed by atoms with van der Waals surface area (Å²) in [4.78, 5) is 13.0. The highest BCUT2D eigenvalue weighted by molar-refractivity contribution is 5.60. The molecule has 2 aliphatic rings. The fraction of sp³-hybridized carbons (Fsp3) is 0.375. The molecular weight excluding hydrogens is 376 g/mol. The van der Waals surface area contributed by atoms with Crippen molar-refractivity contribution >= 4 is 5.69 Å². The van der Waals surface area contributed by atoms with Gasteiger partial charge in [0.25, 0.3) is 0 Å². The Balaban J connectivity index is 1.21. The van der Waals surface area contributed by atoms with Gasteiger partial charge >= 0.3 is 0 Å². The van der Waals surface area contributed by atoms with Crippen molar-refractivity contribution in [3.05, 3.63) is 59.9 Å². The number of H-pyrrole nitrogens is 1. The van der Waals surface area contributed by atoms with Crippen LogP contribution < -0.4 is 14.4 Å². The van der Waals surface area contributed by atoms with Gasteiger partial charge in [-0.05, 0) is 42.8 Å². The summed E-state index contributed by atoms with van der Waals surface area (Å²) in [6.07, 6.45) is 2.95. The number of rotatable bonds is 6. The number of imidazole rings is 1. The van der Waals surface area contributed by atoms with Crippen LogP contribution in [0.2, 0.25) is 0 Å². The molecule has 3 aromatic rings. The number of para-hydroxylation sites is 2. The first-order valence-corrected chi connectivity index (χ1v) is 10.8. The minimum Gasteiger partial charge on any atom is -0.493 e. The Bertz CT molecular complexity index is 1010. The first-order valence-electron chi connectivity index (χ1n) is 10.8. The number of benzene rings is 2. The zero-order chi connectivity index (χ0) is 20.3. The summed E-state index contributed by atoms with van der Waals surface area (Å²) >= 11 is 0. The molecule has 0 aliphatic carbocycles. The molecule has 0 atom stereocenters. The van der Waals surface area contributed by atoms with Crippen molar-refractivity contribution in [2.75, 3.05) is 44.3 Å². The number of fused-ring (bicyclic) bond motifs is 1. The van der Waals surface area contributed by atoms with Gasteiger partial charge in [0, 0.05) is 56.6 Å². The standard InChI is InChI=1S/C24H28N4O2/c1-2-29-23-6-4-3-5-21(23)28-12-10-27(11-13-28)17-20-16-25-24(26-20)19-7-8-22-18(15-19)9-14-30-22/h3-8,15-16H,2,9-14,17H2,1H3,(H,25,26). The molecule has 6 nitrogen and oxygen atoms in total. The molecule has 30 heavy (non-hydrogen) atoms. The molecule has 6 heteroatoms. The van der Waals surface area contributed by atoms with E-state index in [4.69, 9.17) is 9.47 Å². The van der Waals surface area contributed by atoms with E-state index in [1.54, 1.807) is 0 Å². The van der Waals surface area contributed by atoms with Crippen molar-refractivity contribution in [2.24, 2.45) is 0 Å². The molecule has 5 rings (SSSR count). The van der Waals surface area contributed by atoms with Crippen LogP contribution >= 0.6 is 0 Å². The highest BCUT2D eigenvalue weighted by Gasteiger charge is 2.20. The topological polar surface area (TPSA) is 53.6 Å². The van der Waals surface area contributed by atoms with Gasteiger partial charge in [-0.25, -0.2) is 4.98 Å². The van der Waals surface area contributed by atoms with Crippen LogP contribution in [-0.2, 0) is 13.0 Å². The predicted molar refractivity (Wildman–Crippen MR) is 118 cm³/mol. The summed E-state index contributed by atoms with van der Waals surface area (Å²) in [5.74, 6) is 2.92. The van der Waals surface area contributed by atoms with Crippen LogP contribution in [0.3, 0.4) is 0 Å². The Hall–Kier alpha value is -2.99. The quantitative estimate of drug-likeness (QED) is 0.678. The first-order chi connectivity index (χ1) is 14.8. The molecule has 2 aromatic carbocycles. The van der Waals surface area contributed by atoms with Crippen molar-refractivity contribution < 1.29 is 9.47 Å². The van der Waals surface area contributed by atoms with E-state index in [1.807, 2.05) is 19.2 Å². The van der Waals surface area contributed by atoms with Gasteiger partial charge in [-0.3, -0.25) is 4.90 Å². The normalized spacial score (nSPS) is 16.4. The number of anilines is 1. The number of hydrogen-bond acceptors (Lipinski definition) is 5. The number of nitrogens with zero attached hydrogens (tertiary/aromatic N) is 3. The average Bonchev–Trinajstić information content (AvgIpc) is 3.44. The maximum atomic E-state index is 5.81. The number of aromatic amines is 1. The number of hydrogen-bond donors (Lipinski definition) is 1. The highest BCUT2D eigenvalue weighted by Crippen LogP contribution is 2.30. The second-order valence-electron chi connectivity index (χ2n) is 7.84. The van der Waals surface area contributed by atoms with E-state index in [2.05, 4.69) is 56.2 Å². The fourth-order valence-corrected chi connectivity index (χ4v) is 4.30. The zero-order valence-corrected chi connectivity index (χ0v) is 17.4. The van der Waals surface area contributed by atoms with Crippen molar-refractivity contribution in [3.8, 4) is 22.9 Å². The third kappa shape index (κ3) is 3.87. The van der Waals surface area contributed by atoms with Crippen LogP contribution in [0, 0.1) is 0 Å². The molecule has 0 radical (unpaired) electrons. The van der Waals surface area contributed by atoms with Gasteiger partial charge in [-0.2, -0.15) is 0 Å². The van der Waals surface area contributed by atoms with Gasteiger partial charge in [-0.1, -0.05) is 12.1 Å². The summed E-state index contributed by atoms with van der Waals surface area (Å²) in [7, 11) is 0. The molecule has 156 valence electrons. The minimum atomic E-state index is 0.691.